The van der Waals surface area contributed by atoms with Gasteiger partial charge in [-0.2, -0.15) is 0 Å². The van der Waals surface area contributed by atoms with Gasteiger partial charge < -0.3 is 34.6 Å². The molecule has 0 amide bonds. The van der Waals surface area contributed by atoms with Crippen molar-refractivity contribution in [1.82, 2.24) is 0 Å². The Labute approximate surface area is 120 Å². The third kappa shape index (κ3) is 11.3. The molecule has 120 valence electrons. The van der Waals surface area contributed by atoms with Crippen LogP contribution in [0.2, 0.25) is 0 Å². The number of nitrogens with one attached hydrogen (secondary N) is 1. The van der Waals surface area contributed by atoms with Crippen molar-refractivity contribution in [3.8, 4) is 0 Å². The summed E-state index contributed by atoms with van der Waals surface area (Å²) in [6.07, 6.45) is 0. The molecule has 0 saturated heterocycles. The van der Waals surface area contributed by atoms with Crippen molar-refractivity contribution in [2.75, 3.05) is 59.5 Å². The highest BCUT2D eigenvalue weighted by Crippen LogP contribution is 2.05. The molecule has 3 N–H and O–H groups in total. The lowest BCUT2D eigenvalue weighted by Crippen LogP contribution is -2.38. The fraction of sp³-hybridized carbons (Fsp3) is 0.923. The molecule has 0 heterocycles. The SMILES string of the molecule is CC(=N)[C@@](C)(O)COCCOCCOCCOCCO. The number of aliphatic hydroxyl groups excluding tert-OH is 1. The highest BCUT2D eigenvalue weighted by Gasteiger charge is 2.22. The minimum absolute atomic E-state index is 0.0213. The van der Waals surface area contributed by atoms with E-state index >= 15 is 0 Å². The summed E-state index contributed by atoms with van der Waals surface area (Å²) in [5, 5.41) is 25.5. The number of rotatable bonds is 14. The van der Waals surface area contributed by atoms with E-state index in [1.165, 1.54) is 0 Å². The molecule has 0 aromatic carbocycles. The van der Waals surface area contributed by atoms with Crippen molar-refractivity contribution in [1.29, 1.82) is 5.41 Å². The van der Waals surface area contributed by atoms with Crippen LogP contribution < -0.4 is 0 Å². The Kier molecular flexibility index (Phi) is 11.8. The summed E-state index contributed by atoms with van der Waals surface area (Å²) in [6, 6.07) is 0. The summed E-state index contributed by atoms with van der Waals surface area (Å²) in [5.74, 6) is 0. The van der Waals surface area contributed by atoms with E-state index in [2.05, 4.69) is 0 Å². The molecule has 0 unspecified atom stereocenters. The molecule has 0 rings (SSSR count). The average Bonchev–Trinajstić information content (AvgIpc) is 2.39. The minimum atomic E-state index is -1.21. The van der Waals surface area contributed by atoms with Gasteiger partial charge in [0.15, 0.2) is 0 Å². The Morgan fingerprint density at radius 3 is 1.70 bits per heavy atom. The molecule has 0 aromatic rings. The lowest BCUT2D eigenvalue weighted by Gasteiger charge is -2.21. The van der Waals surface area contributed by atoms with Crippen LogP contribution in [0.15, 0.2) is 0 Å². The maximum absolute atomic E-state index is 9.72. The zero-order valence-electron chi connectivity index (χ0n) is 12.4. The molecule has 7 nitrogen and oxygen atoms in total. The maximum atomic E-state index is 9.72. The van der Waals surface area contributed by atoms with Gasteiger partial charge in [-0.25, -0.2) is 0 Å². The van der Waals surface area contributed by atoms with E-state index < -0.39 is 5.60 Å². The second kappa shape index (κ2) is 12.2. The summed E-state index contributed by atoms with van der Waals surface area (Å²) >= 11 is 0. The van der Waals surface area contributed by atoms with E-state index in [0.29, 0.717) is 46.2 Å². The molecule has 0 bridgehead atoms. The first-order valence-corrected chi connectivity index (χ1v) is 6.70. The van der Waals surface area contributed by atoms with E-state index in [4.69, 9.17) is 29.5 Å². The zero-order chi connectivity index (χ0) is 15.3. The van der Waals surface area contributed by atoms with E-state index in [1.807, 2.05) is 0 Å². The van der Waals surface area contributed by atoms with Crippen molar-refractivity contribution in [2.24, 2.45) is 0 Å². The van der Waals surface area contributed by atoms with Gasteiger partial charge in [0.05, 0.1) is 59.5 Å². The van der Waals surface area contributed by atoms with Gasteiger partial charge in [0.25, 0.3) is 0 Å². The van der Waals surface area contributed by atoms with Gasteiger partial charge >= 0.3 is 0 Å². The molecule has 0 aliphatic rings. The van der Waals surface area contributed by atoms with Crippen LogP contribution >= 0.6 is 0 Å². The van der Waals surface area contributed by atoms with Crippen LogP contribution in [0.25, 0.3) is 0 Å². The zero-order valence-corrected chi connectivity index (χ0v) is 12.4. The quantitative estimate of drug-likeness (QED) is 0.304. The molecule has 0 aliphatic carbocycles. The Hall–Kier alpha value is -0.570. The molecular weight excluding hydrogens is 266 g/mol. The standard InChI is InChI=1S/C13H27NO6/c1-12(14)13(2,16)11-20-10-9-19-8-7-18-6-5-17-4-3-15/h14-16H,3-11H2,1-2H3/t13-/m0/s1. The lowest BCUT2D eigenvalue weighted by molar-refractivity contribution is -0.0276. The van der Waals surface area contributed by atoms with Crippen molar-refractivity contribution >= 4 is 5.71 Å². The third-order valence-electron chi connectivity index (χ3n) is 2.54. The van der Waals surface area contributed by atoms with Crippen molar-refractivity contribution in [2.45, 2.75) is 19.4 Å². The first-order chi connectivity index (χ1) is 9.50. The number of aliphatic hydroxyl groups is 2. The van der Waals surface area contributed by atoms with Crippen LogP contribution in [-0.4, -0.2) is 81.0 Å². The van der Waals surface area contributed by atoms with Gasteiger partial charge in [-0.05, 0) is 13.8 Å². The van der Waals surface area contributed by atoms with Crippen molar-refractivity contribution in [3.63, 3.8) is 0 Å². The Bertz CT molecular complexity index is 247. The van der Waals surface area contributed by atoms with Crippen LogP contribution in [0.4, 0.5) is 0 Å². The molecule has 0 fully saturated rings. The predicted molar refractivity (Wildman–Crippen MR) is 74.4 cm³/mol. The van der Waals surface area contributed by atoms with Crippen LogP contribution in [0, 0.1) is 5.41 Å². The Morgan fingerprint density at radius 2 is 1.30 bits per heavy atom. The van der Waals surface area contributed by atoms with Gasteiger partial charge in [0.2, 0.25) is 0 Å². The van der Waals surface area contributed by atoms with Gasteiger partial charge in [-0.1, -0.05) is 0 Å². The number of hydrogen-bond donors (Lipinski definition) is 3. The summed E-state index contributed by atoms with van der Waals surface area (Å²) in [4.78, 5) is 0. The molecule has 20 heavy (non-hydrogen) atoms. The molecule has 0 spiro atoms. The van der Waals surface area contributed by atoms with Crippen molar-refractivity contribution in [3.05, 3.63) is 0 Å². The third-order valence-corrected chi connectivity index (χ3v) is 2.54. The molecule has 7 heteroatoms. The van der Waals surface area contributed by atoms with Gasteiger partial charge in [-0.15, -0.1) is 0 Å². The van der Waals surface area contributed by atoms with E-state index in [9.17, 15) is 5.11 Å². The van der Waals surface area contributed by atoms with E-state index in [1.54, 1.807) is 13.8 Å². The molecule has 0 saturated carbocycles. The molecular formula is C13H27NO6. The lowest BCUT2D eigenvalue weighted by atomic mass is 10.0. The fourth-order valence-corrected chi connectivity index (χ4v) is 1.10. The molecule has 0 aromatic heterocycles. The summed E-state index contributed by atoms with van der Waals surface area (Å²) in [7, 11) is 0. The van der Waals surface area contributed by atoms with E-state index in [0.717, 1.165) is 0 Å². The first kappa shape index (κ1) is 19.4. The normalized spacial score (nSPS) is 14.2. The second-order valence-corrected chi connectivity index (χ2v) is 4.51. The summed E-state index contributed by atoms with van der Waals surface area (Å²) in [5.41, 5.74) is -1.03. The van der Waals surface area contributed by atoms with Crippen LogP contribution in [-0.2, 0) is 18.9 Å². The summed E-state index contributed by atoms with van der Waals surface area (Å²) < 4.78 is 20.8. The summed E-state index contributed by atoms with van der Waals surface area (Å²) in [6.45, 7) is 6.17. The second-order valence-electron chi connectivity index (χ2n) is 4.51. The van der Waals surface area contributed by atoms with Crippen molar-refractivity contribution < 1.29 is 29.2 Å². The van der Waals surface area contributed by atoms with Gasteiger partial charge in [0.1, 0.15) is 5.60 Å². The topological polar surface area (TPSA) is 101 Å². The first-order valence-electron chi connectivity index (χ1n) is 6.70. The van der Waals surface area contributed by atoms with E-state index in [-0.39, 0.29) is 18.9 Å². The maximum Gasteiger partial charge on any atom is 0.122 e. The van der Waals surface area contributed by atoms with Crippen LogP contribution in [0.5, 0.6) is 0 Å². The molecule has 0 aliphatic heterocycles. The van der Waals surface area contributed by atoms with Gasteiger partial charge in [-0.3, -0.25) is 0 Å². The predicted octanol–water partition coefficient (Wildman–Crippen LogP) is -0.164. The fourth-order valence-electron chi connectivity index (χ4n) is 1.10. The number of hydrogen-bond acceptors (Lipinski definition) is 7. The monoisotopic (exact) mass is 293 g/mol. The van der Waals surface area contributed by atoms with Gasteiger partial charge in [0, 0.05) is 5.71 Å². The Balaban J connectivity index is 3.19. The minimum Gasteiger partial charge on any atom is -0.394 e. The average molecular weight is 293 g/mol. The highest BCUT2D eigenvalue weighted by molar-refractivity contribution is 5.86. The molecule has 0 radical (unpaired) electrons. The molecule has 1 atom stereocenters. The smallest absolute Gasteiger partial charge is 0.122 e. The Morgan fingerprint density at radius 1 is 0.900 bits per heavy atom. The number of ether oxygens (including phenoxy) is 4. The highest BCUT2D eigenvalue weighted by atomic mass is 16.6. The largest absolute Gasteiger partial charge is 0.394 e. The van der Waals surface area contributed by atoms with Crippen LogP contribution in [0.1, 0.15) is 13.8 Å². The van der Waals surface area contributed by atoms with Crippen LogP contribution in [0.3, 0.4) is 0 Å².